The molecule has 0 saturated carbocycles. The van der Waals surface area contributed by atoms with Crippen LogP contribution in [0.25, 0.3) is 10.9 Å². The maximum atomic E-state index is 13.5. The monoisotopic (exact) mass is 547 g/mol. The number of aliphatic hydroxyl groups excluding tert-OH is 1. The van der Waals surface area contributed by atoms with Gasteiger partial charge in [0.2, 0.25) is 0 Å². The van der Waals surface area contributed by atoms with E-state index >= 15 is 0 Å². The molecule has 2 heterocycles. The molecule has 2 aromatic carbocycles. The molecule has 11 heteroatoms. The molecule has 8 nitrogen and oxygen atoms in total. The number of carbonyl (C=O) groups excluding carboxylic acids is 1. The Kier molecular flexibility index (Phi) is 8.31. The molecular formula is C28H32F3N3O5. The average molecular weight is 548 g/mol. The highest BCUT2D eigenvalue weighted by Crippen LogP contribution is 2.33. The van der Waals surface area contributed by atoms with Gasteiger partial charge in [0.1, 0.15) is 5.60 Å². The average Bonchev–Trinajstić information content (AvgIpc) is 3.25. The van der Waals surface area contributed by atoms with Gasteiger partial charge < -0.3 is 19.5 Å². The van der Waals surface area contributed by atoms with Crippen molar-refractivity contribution in [3.63, 3.8) is 0 Å². The molecule has 0 bridgehead atoms. The van der Waals surface area contributed by atoms with E-state index in [1.165, 1.54) is 17.0 Å². The summed E-state index contributed by atoms with van der Waals surface area (Å²) in [7, 11) is 0. The lowest BCUT2D eigenvalue weighted by molar-refractivity contribution is -0.136. The van der Waals surface area contributed by atoms with Crippen molar-refractivity contribution in [2.24, 2.45) is 0 Å². The van der Waals surface area contributed by atoms with Gasteiger partial charge in [0, 0.05) is 6.54 Å². The van der Waals surface area contributed by atoms with E-state index in [4.69, 9.17) is 9.47 Å². The Hall–Kier alpha value is -3.44. The fraction of sp³-hybridized carbons (Fsp3) is 0.464. The van der Waals surface area contributed by atoms with E-state index in [-0.39, 0.29) is 18.5 Å². The van der Waals surface area contributed by atoms with Gasteiger partial charge in [-0.15, -0.1) is 0 Å². The summed E-state index contributed by atoms with van der Waals surface area (Å²) in [4.78, 5) is 31.5. The Morgan fingerprint density at radius 3 is 2.51 bits per heavy atom. The minimum Gasteiger partial charge on any atom is -0.444 e. The van der Waals surface area contributed by atoms with Crippen LogP contribution in [-0.4, -0.2) is 56.0 Å². The van der Waals surface area contributed by atoms with E-state index in [9.17, 15) is 27.9 Å². The molecular weight excluding hydrogens is 515 g/mol. The van der Waals surface area contributed by atoms with E-state index in [1.54, 1.807) is 20.8 Å². The molecule has 1 aliphatic heterocycles. The molecule has 1 aromatic heterocycles. The summed E-state index contributed by atoms with van der Waals surface area (Å²) in [5, 5.41) is 10.4. The summed E-state index contributed by atoms with van der Waals surface area (Å²) in [6.07, 6.45) is -5.24. The van der Waals surface area contributed by atoms with Crippen molar-refractivity contribution < 1.29 is 32.5 Å². The second kappa shape index (κ2) is 11.4. The molecule has 3 unspecified atom stereocenters. The number of rotatable bonds is 7. The molecule has 0 radical (unpaired) electrons. The Balaban J connectivity index is 1.55. The normalized spacial score (nSPS) is 18.9. The molecule has 1 aliphatic rings. The van der Waals surface area contributed by atoms with Crippen molar-refractivity contribution in [3.05, 3.63) is 76.3 Å². The Morgan fingerprint density at radius 2 is 1.85 bits per heavy atom. The zero-order chi connectivity index (χ0) is 28.4. The van der Waals surface area contributed by atoms with Gasteiger partial charge in [-0.3, -0.25) is 9.36 Å². The van der Waals surface area contributed by atoms with Crippen LogP contribution >= 0.6 is 0 Å². The number of aliphatic hydroxyl groups is 1. The van der Waals surface area contributed by atoms with Crippen molar-refractivity contribution in [2.75, 3.05) is 6.54 Å². The molecule has 1 amide bonds. The summed E-state index contributed by atoms with van der Waals surface area (Å²) in [5.74, 6) is 0. The van der Waals surface area contributed by atoms with Crippen LogP contribution in [-0.2, 0) is 28.8 Å². The van der Waals surface area contributed by atoms with Gasteiger partial charge in [-0.25, -0.2) is 9.78 Å². The van der Waals surface area contributed by atoms with E-state index < -0.39 is 52.6 Å². The third kappa shape index (κ3) is 6.96. The Labute approximate surface area is 224 Å². The quantitative estimate of drug-likeness (QED) is 0.459. The molecule has 3 aromatic rings. The minimum absolute atomic E-state index is 0.0180. The van der Waals surface area contributed by atoms with Gasteiger partial charge >= 0.3 is 12.3 Å². The van der Waals surface area contributed by atoms with Crippen molar-refractivity contribution in [3.8, 4) is 0 Å². The van der Waals surface area contributed by atoms with E-state index in [2.05, 4.69) is 4.98 Å². The number of carbonyl (C=O) groups is 1. The predicted octanol–water partition coefficient (Wildman–Crippen LogP) is 4.76. The first-order valence-electron chi connectivity index (χ1n) is 12.7. The van der Waals surface area contributed by atoms with Gasteiger partial charge in [-0.05, 0) is 51.3 Å². The SMILES string of the molecule is CC(C)(C)OC(=O)N1CCC(OCc2ccccc2)C1CC(O)Cn1cnc2cccc(C(F)(F)F)c2c1=O. The van der Waals surface area contributed by atoms with Crippen molar-refractivity contribution in [2.45, 2.75) is 76.8 Å². The summed E-state index contributed by atoms with van der Waals surface area (Å²) >= 11 is 0. The molecule has 0 spiro atoms. The maximum Gasteiger partial charge on any atom is 0.417 e. The van der Waals surface area contributed by atoms with Crippen LogP contribution in [0.4, 0.5) is 18.0 Å². The first-order chi connectivity index (χ1) is 18.3. The summed E-state index contributed by atoms with van der Waals surface area (Å²) in [6, 6.07) is 12.3. The summed E-state index contributed by atoms with van der Waals surface area (Å²) in [5.41, 5.74) is -1.85. The topological polar surface area (TPSA) is 93.9 Å². The summed E-state index contributed by atoms with van der Waals surface area (Å²) < 4.78 is 53.3. The molecule has 39 heavy (non-hydrogen) atoms. The molecule has 1 fully saturated rings. The van der Waals surface area contributed by atoms with E-state index in [1.807, 2.05) is 30.3 Å². The lowest BCUT2D eigenvalue weighted by Crippen LogP contribution is -2.45. The zero-order valence-electron chi connectivity index (χ0n) is 22.0. The number of hydrogen-bond acceptors (Lipinski definition) is 6. The fourth-order valence-electron chi connectivity index (χ4n) is 4.77. The third-order valence-electron chi connectivity index (χ3n) is 6.50. The van der Waals surface area contributed by atoms with Crippen LogP contribution in [0.5, 0.6) is 0 Å². The lowest BCUT2D eigenvalue weighted by atomic mass is 10.0. The smallest absolute Gasteiger partial charge is 0.417 e. The number of hydrogen-bond donors (Lipinski definition) is 1. The second-order valence-electron chi connectivity index (χ2n) is 10.7. The highest BCUT2D eigenvalue weighted by molar-refractivity contribution is 5.81. The number of likely N-dealkylation sites (tertiary alicyclic amines) is 1. The third-order valence-corrected chi connectivity index (χ3v) is 6.50. The number of halogens is 3. The van der Waals surface area contributed by atoms with Gasteiger partial charge in [0.15, 0.2) is 0 Å². The molecule has 1 saturated heterocycles. The summed E-state index contributed by atoms with van der Waals surface area (Å²) in [6.45, 7) is 5.60. The first kappa shape index (κ1) is 28.6. The molecule has 4 rings (SSSR count). The van der Waals surface area contributed by atoms with Crippen LogP contribution in [0, 0.1) is 0 Å². The molecule has 1 N–H and O–H groups in total. The standard InChI is InChI=1S/C28H32F3N3O5/c1-27(2,3)39-26(37)34-13-12-23(38-16-18-8-5-4-6-9-18)22(34)14-19(35)15-33-17-32-21-11-7-10-20(28(29,30)31)24(21)25(33)36/h4-11,17,19,22-23,35H,12-16H2,1-3H3. The van der Waals surface area contributed by atoms with E-state index in [0.717, 1.165) is 22.5 Å². The Morgan fingerprint density at radius 1 is 1.13 bits per heavy atom. The molecule has 0 aliphatic carbocycles. The molecule has 3 atom stereocenters. The lowest BCUT2D eigenvalue weighted by Gasteiger charge is -2.32. The van der Waals surface area contributed by atoms with Gasteiger partial charge in [-0.1, -0.05) is 36.4 Å². The van der Waals surface area contributed by atoms with Crippen LogP contribution in [0.15, 0.2) is 59.7 Å². The number of fused-ring (bicyclic) bond motifs is 1. The fourth-order valence-corrected chi connectivity index (χ4v) is 4.77. The predicted molar refractivity (Wildman–Crippen MR) is 138 cm³/mol. The Bertz CT molecular complexity index is 1350. The number of ether oxygens (including phenoxy) is 2. The number of nitrogens with zero attached hydrogens (tertiary/aromatic N) is 3. The van der Waals surface area contributed by atoms with Crippen LogP contribution in [0.3, 0.4) is 0 Å². The van der Waals surface area contributed by atoms with Crippen LogP contribution in [0.2, 0.25) is 0 Å². The molecule has 210 valence electrons. The second-order valence-corrected chi connectivity index (χ2v) is 10.7. The van der Waals surface area contributed by atoms with Gasteiger partial charge in [0.05, 0.1) is 54.2 Å². The van der Waals surface area contributed by atoms with E-state index in [0.29, 0.717) is 19.6 Å². The van der Waals surface area contributed by atoms with Crippen molar-refractivity contribution in [1.82, 2.24) is 14.5 Å². The number of benzene rings is 2. The highest BCUT2D eigenvalue weighted by atomic mass is 19.4. The first-order valence-corrected chi connectivity index (χ1v) is 12.7. The number of aromatic nitrogens is 2. The van der Waals surface area contributed by atoms with Gasteiger partial charge in [-0.2, -0.15) is 13.2 Å². The zero-order valence-corrected chi connectivity index (χ0v) is 22.0. The van der Waals surface area contributed by atoms with Gasteiger partial charge in [0.25, 0.3) is 5.56 Å². The largest absolute Gasteiger partial charge is 0.444 e. The van der Waals surface area contributed by atoms with Crippen molar-refractivity contribution in [1.29, 1.82) is 0 Å². The number of alkyl halides is 3. The maximum absolute atomic E-state index is 13.5. The highest BCUT2D eigenvalue weighted by Gasteiger charge is 2.41. The van der Waals surface area contributed by atoms with Crippen LogP contribution in [0.1, 0.15) is 44.7 Å². The van der Waals surface area contributed by atoms with Crippen molar-refractivity contribution >= 4 is 17.0 Å². The number of amides is 1. The minimum atomic E-state index is -4.74. The van der Waals surface area contributed by atoms with Crippen LogP contribution < -0.4 is 5.56 Å².